The van der Waals surface area contributed by atoms with E-state index in [0.29, 0.717) is 13.0 Å². The number of allylic oxidation sites excluding steroid dienone is 12. The third kappa shape index (κ3) is 37.5. The van der Waals surface area contributed by atoms with E-state index < -0.39 is 45.1 Å². The van der Waals surface area contributed by atoms with Gasteiger partial charge in [-0.15, -0.1) is 0 Å². The van der Waals surface area contributed by atoms with E-state index >= 15 is 0 Å². The summed E-state index contributed by atoms with van der Waals surface area (Å²) in [5, 5.41) is 8.88. The molecule has 0 saturated carbocycles. The van der Waals surface area contributed by atoms with Gasteiger partial charge < -0.3 is 25.2 Å². The van der Waals surface area contributed by atoms with Crippen LogP contribution in [0.4, 0.5) is 0 Å². The van der Waals surface area contributed by atoms with E-state index in [0.717, 1.165) is 109 Å². The molecule has 0 fully saturated rings. The normalized spacial score (nSPS) is 14.8. The molecule has 4 N–H and O–H groups in total. The Balaban J connectivity index is 4.35. The summed E-state index contributed by atoms with van der Waals surface area (Å²) >= 11 is 0. The lowest BCUT2D eigenvalue weighted by molar-refractivity contribution is -0.154. The minimum absolute atomic E-state index is 0.00583. The van der Waals surface area contributed by atoms with Crippen molar-refractivity contribution in [3.8, 4) is 0 Å². The molecule has 0 saturated heterocycles. The first-order valence-corrected chi connectivity index (χ1v) is 21.5. The van der Waals surface area contributed by atoms with Gasteiger partial charge in [0.1, 0.15) is 12.1 Å². The molecule has 0 aromatic carbocycles. The highest BCUT2D eigenvalue weighted by Crippen LogP contribution is 2.43. The number of carboxylic acid groups (broad SMARTS) is 1. The first-order chi connectivity index (χ1) is 25.7. The van der Waals surface area contributed by atoms with Crippen LogP contribution >= 0.6 is 7.82 Å². The first kappa shape index (κ1) is 50.4. The van der Waals surface area contributed by atoms with Crippen LogP contribution in [0.5, 0.6) is 0 Å². The summed E-state index contributed by atoms with van der Waals surface area (Å²) in [4.78, 5) is 33.4. The van der Waals surface area contributed by atoms with Gasteiger partial charge in [0.15, 0.2) is 0 Å². The number of aliphatic carboxylic acids is 1. The highest BCUT2D eigenvalue weighted by Gasteiger charge is 2.27. The van der Waals surface area contributed by atoms with Crippen LogP contribution in [0.1, 0.15) is 142 Å². The fourth-order valence-electron chi connectivity index (χ4n) is 4.87. The van der Waals surface area contributed by atoms with Crippen molar-refractivity contribution >= 4 is 19.8 Å². The van der Waals surface area contributed by atoms with Crippen LogP contribution in [0.15, 0.2) is 72.9 Å². The molecule has 53 heavy (non-hydrogen) atoms. The van der Waals surface area contributed by atoms with Gasteiger partial charge in [-0.1, -0.05) is 132 Å². The maximum atomic E-state index is 12.6. The van der Waals surface area contributed by atoms with Crippen LogP contribution in [0.3, 0.4) is 0 Å². The van der Waals surface area contributed by atoms with Crippen LogP contribution in [-0.2, 0) is 32.7 Å². The van der Waals surface area contributed by atoms with Gasteiger partial charge >= 0.3 is 19.8 Å². The number of hydrogen-bond acceptors (Lipinski definition) is 8. The molecule has 3 unspecified atom stereocenters. The Morgan fingerprint density at radius 1 is 0.623 bits per heavy atom. The average Bonchev–Trinajstić information content (AvgIpc) is 3.13. The van der Waals surface area contributed by atoms with Crippen LogP contribution in [0.2, 0.25) is 0 Å². The summed E-state index contributed by atoms with van der Waals surface area (Å²) in [6.07, 6.45) is 45.2. The molecule has 0 heterocycles. The van der Waals surface area contributed by atoms with Crippen LogP contribution in [-0.4, -0.2) is 60.5 Å². The zero-order valence-electron chi connectivity index (χ0n) is 32.8. The SMILES string of the molecule is CC/C=C\C/C=C\C/C=C\C/C=C\CCCCCCCOCC(COP(=O)(O)OCC(N)C(=O)O)OC(=O)CCCCCCC/C=C\C/C=C\CCC. The number of ether oxygens (including phenoxy) is 2. The van der Waals surface area contributed by atoms with E-state index in [1.807, 2.05) is 0 Å². The van der Waals surface area contributed by atoms with Gasteiger partial charge in [-0.3, -0.25) is 18.6 Å². The van der Waals surface area contributed by atoms with E-state index in [-0.39, 0.29) is 13.0 Å². The standard InChI is InChI=1S/C42H72NO9P/c1-3-5-7-9-11-13-15-17-18-19-20-21-23-25-27-29-31-33-35-49-36-39(37-50-53(47,48)51-38-40(43)42(45)46)52-41(44)34-32-30-28-26-24-22-16-14-12-10-8-6-4-2/h5,7-8,10-11,13-14,16-18,20-21,39-40H,3-4,6,9,12,15,19,22-38,43H2,1-2H3,(H,45,46)(H,47,48)/b7-5-,10-8-,13-11-,16-14-,18-17-,21-20-. The van der Waals surface area contributed by atoms with E-state index in [1.54, 1.807) is 0 Å². The first-order valence-electron chi connectivity index (χ1n) is 20.0. The second-order valence-electron chi connectivity index (χ2n) is 13.0. The van der Waals surface area contributed by atoms with Crippen molar-refractivity contribution < 1.29 is 42.7 Å². The zero-order chi connectivity index (χ0) is 39.1. The lowest BCUT2D eigenvalue weighted by atomic mass is 10.1. The number of esters is 1. The lowest BCUT2D eigenvalue weighted by Crippen LogP contribution is -2.34. The lowest BCUT2D eigenvalue weighted by Gasteiger charge is -2.20. The van der Waals surface area contributed by atoms with E-state index in [9.17, 15) is 19.0 Å². The van der Waals surface area contributed by atoms with Crippen molar-refractivity contribution in [2.45, 2.75) is 154 Å². The number of rotatable bonds is 37. The summed E-state index contributed by atoms with van der Waals surface area (Å²) in [7, 11) is -4.63. The number of carbonyl (C=O) groups is 2. The maximum absolute atomic E-state index is 12.6. The average molecular weight is 766 g/mol. The van der Waals surface area contributed by atoms with E-state index in [1.165, 1.54) is 6.42 Å². The van der Waals surface area contributed by atoms with Crippen molar-refractivity contribution in [2.24, 2.45) is 5.73 Å². The molecule has 0 aliphatic heterocycles. The Labute approximate surface area is 321 Å². The number of phosphoric acid groups is 1. The Bertz CT molecular complexity index is 1120. The molecule has 0 aromatic heterocycles. The number of phosphoric ester groups is 1. The molecule has 0 aromatic rings. The molecular formula is C42H72NO9P. The molecule has 0 spiro atoms. The number of carboxylic acids is 1. The molecule has 10 nitrogen and oxygen atoms in total. The fourth-order valence-corrected chi connectivity index (χ4v) is 5.64. The van der Waals surface area contributed by atoms with Gasteiger partial charge in [-0.2, -0.15) is 0 Å². The Hall–Kier alpha value is -2.59. The highest BCUT2D eigenvalue weighted by atomic mass is 31.2. The quantitative estimate of drug-likeness (QED) is 0.0241. The second kappa shape index (κ2) is 37.7. The topological polar surface area (TPSA) is 155 Å². The van der Waals surface area contributed by atoms with Crippen molar-refractivity contribution in [2.75, 3.05) is 26.4 Å². The van der Waals surface area contributed by atoms with Gasteiger partial charge in [0.25, 0.3) is 0 Å². The Morgan fingerprint density at radius 2 is 1.09 bits per heavy atom. The van der Waals surface area contributed by atoms with Crippen LogP contribution < -0.4 is 5.73 Å². The number of nitrogens with two attached hydrogens (primary N) is 1. The summed E-state index contributed by atoms with van der Waals surface area (Å²) in [6.45, 7) is 3.61. The molecule has 0 bridgehead atoms. The summed E-state index contributed by atoms with van der Waals surface area (Å²) < 4.78 is 33.2. The molecule has 0 aliphatic carbocycles. The Kier molecular flexibility index (Phi) is 35.9. The highest BCUT2D eigenvalue weighted by molar-refractivity contribution is 7.47. The third-order valence-electron chi connectivity index (χ3n) is 7.95. The minimum atomic E-state index is -4.63. The smallest absolute Gasteiger partial charge is 0.472 e. The number of unbranched alkanes of at least 4 members (excludes halogenated alkanes) is 11. The van der Waals surface area contributed by atoms with Crippen LogP contribution in [0, 0.1) is 0 Å². The Morgan fingerprint density at radius 3 is 1.64 bits per heavy atom. The fraction of sp³-hybridized carbons (Fsp3) is 0.667. The molecule has 304 valence electrons. The largest absolute Gasteiger partial charge is 0.480 e. The molecule has 0 aliphatic rings. The van der Waals surface area contributed by atoms with Crippen molar-refractivity contribution in [1.82, 2.24) is 0 Å². The summed E-state index contributed by atoms with van der Waals surface area (Å²) in [6, 6.07) is -1.48. The van der Waals surface area contributed by atoms with Gasteiger partial charge in [0.2, 0.25) is 0 Å². The van der Waals surface area contributed by atoms with E-state index in [4.69, 9.17) is 29.4 Å². The molecule has 0 rings (SSSR count). The van der Waals surface area contributed by atoms with Gasteiger partial charge in [-0.25, -0.2) is 4.57 Å². The summed E-state index contributed by atoms with van der Waals surface area (Å²) in [5.74, 6) is -1.81. The molecule has 3 atom stereocenters. The van der Waals surface area contributed by atoms with Crippen LogP contribution in [0.25, 0.3) is 0 Å². The van der Waals surface area contributed by atoms with Crippen molar-refractivity contribution in [1.29, 1.82) is 0 Å². The van der Waals surface area contributed by atoms with Gasteiger partial charge in [-0.05, 0) is 77.0 Å². The summed E-state index contributed by atoms with van der Waals surface area (Å²) in [5.41, 5.74) is 5.34. The number of hydrogen-bond donors (Lipinski definition) is 3. The molecule has 0 radical (unpaired) electrons. The maximum Gasteiger partial charge on any atom is 0.472 e. The molecule has 0 amide bonds. The zero-order valence-corrected chi connectivity index (χ0v) is 33.7. The molecule has 11 heteroatoms. The second-order valence-corrected chi connectivity index (χ2v) is 14.5. The van der Waals surface area contributed by atoms with Crippen molar-refractivity contribution in [3.05, 3.63) is 72.9 Å². The van der Waals surface area contributed by atoms with Gasteiger partial charge in [0, 0.05) is 13.0 Å². The predicted octanol–water partition coefficient (Wildman–Crippen LogP) is 10.6. The third-order valence-corrected chi connectivity index (χ3v) is 8.90. The number of carbonyl (C=O) groups excluding carboxylic acids is 1. The molecular weight excluding hydrogens is 693 g/mol. The minimum Gasteiger partial charge on any atom is -0.480 e. The van der Waals surface area contributed by atoms with Crippen molar-refractivity contribution in [3.63, 3.8) is 0 Å². The van der Waals surface area contributed by atoms with E-state index in [2.05, 4.69) is 86.8 Å². The monoisotopic (exact) mass is 765 g/mol. The predicted molar refractivity (Wildman–Crippen MR) is 217 cm³/mol. The van der Waals surface area contributed by atoms with Gasteiger partial charge in [0.05, 0.1) is 19.8 Å².